The van der Waals surface area contributed by atoms with Crippen molar-refractivity contribution in [3.63, 3.8) is 0 Å². The molecule has 0 aliphatic carbocycles. The number of anilines is 1. The summed E-state index contributed by atoms with van der Waals surface area (Å²) in [5.74, 6) is 0.547. The lowest BCUT2D eigenvalue weighted by Gasteiger charge is -2.25. The maximum Gasteiger partial charge on any atom is 0.268 e. The number of nitrogens with zero attached hydrogens (tertiary/aromatic N) is 4. The number of hydrogen-bond donors (Lipinski definition) is 0. The van der Waals surface area contributed by atoms with E-state index in [2.05, 4.69) is 24.0 Å². The van der Waals surface area contributed by atoms with E-state index in [0.717, 1.165) is 5.56 Å². The van der Waals surface area contributed by atoms with Crippen molar-refractivity contribution >= 4 is 21.4 Å². The molecule has 2 aromatic carbocycles. The van der Waals surface area contributed by atoms with Crippen molar-refractivity contribution in [1.82, 2.24) is 14.6 Å². The van der Waals surface area contributed by atoms with E-state index in [-0.39, 0.29) is 22.9 Å². The first-order valence-corrected chi connectivity index (χ1v) is 11.4. The molecule has 0 fully saturated rings. The van der Waals surface area contributed by atoms with Gasteiger partial charge in [-0.05, 0) is 60.4 Å². The molecule has 0 aliphatic rings. The number of hydrogen-bond acceptors (Lipinski definition) is 4. The monoisotopic (exact) mass is 438 g/mol. The third-order valence-electron chi connectivity index (χ3n) is 5.22. The van der Waals surface area contributed by atoms with Crippen LogP contribution in [0.3, 0.4) is 0 Å². The Balaban J connectivity index is 1.84. The molecule has 0 spiro atoms. The first-order chi connectivity index (χ1) is 14.8. The minimum absolute atomic E-state index is 0.0534. The summed E-state index contributed by atoms with van der Waals surface area (Å²) in [7, 11) is -3.99. The molecule has 2 aromatic heterocycles. The summed E-state index contributed by atoms with van der Waals surface area (Å²) >= 11 is 0. The molecule has 8 heteroatoms. The van der Waals surface area contributed by atoms with Crippen molar-refractivity contribution in [3.05, 3.63) is 89.6 Å². The fraction of sp³-hybridized carbons (Fsp3) is 0.217. The first kappa shape index (κ1) is 21.0. The Morgan fingerprint density at radius 1 is 1.00 bits per heavy atom. The second-order valence-electron chi connectivity index (χ2n) is 7.70. The van der Waals surface area contributed by atoms with Crippen LogP contribution in [-0.2, 0) is 16.6 Å². The van der Waals surface area contributed by atoms with Crippen molar-refractivity contribution in [2.75, 3.05) is 4.31 Å². The number of fused-ring (bicyclic) bond motifs is 1. The van der Waals surface area contributed by atoms with Gasteiger partial charge in [-0.3, -0.25) is 8.71 Å². The van der Waals surface area contributed by atoms with Crippen LogP contribution in [0.25, 0.3) is 5.65 Å². The van der Waals surface area contributed by atoms with Gasteiger partial charge >= 0.3 is 0 Å². The van der Waals surface area contributed by atoms with Gasteiger partial charge in [0.25, 0.3) is 10.0 Å². The van der Waals surface area contributed by atoms with Crippen LogP contribution >= 0.6 is 0 Å². The molecule has 0 bridgehead atoms. The standard InChI is InChI=1S/C23H23FN4O2S/c1-16(2)19-8-12-21(13-9-19)28(15-18-6-10-20(24)11-7-18)31(29,30)22-5-4-14-27-17(3)25-26-23(22)27/h4-14,16H,15H2,1-3H3. The van der Waals surface area contributed by atoms with Crippen molar-refractivity contribution < 1.29 is 12.8 Å². The Labute approximate surface area is 181 Å². The maximum absolute atomic E-state index is 13.8. The largest absolute Gasteiger partial charge is 0.286 e. The molecule has 160 valence electrons. The molecule has 4 aromatic rings. The highest BCUT2D eigenvalue weighted by atomic mass is 32.2. The molecule has 0 aliphatic heterocycles. The lowest BCUT2D eigenvalue weighted by Crippen LogP contribution is -2.31. The Hall–Kier alpha value is -3.26. The fourth-order valence-corrected chi connectivity index (χ4v) is 5.00. The van der Waals surface area contributed by atoms with Crippen LogP contribution in [0, 0.1) is 12.7 Å². The Morgan fingerprint density at radius 2 is 1.68 bits per heavy atom. The Kier molecular flexibility index (Phi) is 5.49. The third-order valence-corrected chi connectivity index (χ3v) is 7.02. The van der Waals surface area contributed by atoms with Crippen LogP contribution < -0.4 is 4.31 Å². The first-order valence-electron chi connectivity index (χ1n) is 9.95. The normalized spacial score (nSPS) is 11.9. The topological polar surface area (TPSA) is 67.6 Å². The molecular weight excluding hydrogens is 415 g/mol. The molecule has 0 atom stereocenters. The summed E-state index contributed by atoms with van der Waals surface area (Å²) < 4.78 is 44.0. The second-order valence-corrected chi connectivity index (χ2v) is 9.53. The molecule has 0 radical (unpaired) electrons. The van der Waals surface area contributed by atoms with E-state index in [1.807, 2.05) is 12.1 Å². The van der Waals surface area contributed by atoms with Gasteiger partial charge in [-0.25, -0.2) is 12.8 Å². The predicted molar refractivity (Wildman–Crippen MR) is 118 cm³/mol. The average Bonchev–Trinajstić information content (AvgIpc) is 3.14. The second kappa shape index (κ2) is 8.11. The van der Waals surface area contributed by atoms with Crippen LogP contribution in [0.15, 0.2) is 71.8 Å². The molecule has 6 nitrogen and oxygen atoms in total. The molecule has 2 heterocycles. The quantitative estimate of drug-likeness (QED) is 0.438. The highest BCUT2D eigenvalue weighted by Gasteiger charge is 2.29. The van der Waals surface area contributed by atoms with E-state index in [4.69, 9.17) is 0 Å². The van der Waals surface area contributed by atoms with Gasteiger partial charge in [-0.2, -0.15) is 0 Å². The molecule has 0 amide bonds. The van der Waals surface area contributed by atoms with Crippen molar-refractivity contribution in [1.29, 1.82) is 0 Å². The zero-order chi connectivity index (χ0) is 22.2. The minimum Gasteiger partial charge on any atom is -0.286 e. The lowest BCUT2D eigenvalue weighted by atomic mass is 10.0. The smallest absolute Gasteiger partial charge is 0.268 e. The van der Waals surface area contributed by atoms with Gasteiger partial charge < -0.3 is 0 Å². The summed E-state index contributed by atoms with van der Waals surface area (Å²) in [5, 5.41) is 8.09. The fourth-order valence-electron chi connectivity index (χ4n) is 3.42. The Morgan fingerprint density at radius 3 is 2.32 bits per heavy atom. The zero-order valence-electron chi connectivity index (χ0n) is 17.5. The van der Waals surface area contributed by atoms with E-state index in [0.29, 0.717) is 23.0 Å². The van der Waals surface area contributed by atoms with Crippen molar-refractivity contribution in [2.24, 2.45) is 0 Å². The number of pyridine rings is 1. The SMILES string of the molecule is Cc1nnc2c(S(=O)(=O)N(Cc3ccc(F)cc3)c3ccc(C(C)C)cc3)cccn12. The molecule has 0 saturated heterocycles. The molecule has 0 unspecified atom stereocenters. The van der Waals surface area contributed by atoms with Crippen LogP contribution in [0.5, 0.6) is 0 Å². The molecule has 0 saturated carbocycles. The summed E-state index contributed by atoms with van der Waals surface area (Å²) in [4.78, 5) is 0.0608. The van der Waals surface area contributed by atoms with E-state index in [9.17, 15) is 12.8 Å². The van der Waals surface area contributed by atoms with E-state index >= 15 is 0 Å². The summed E-state index contributed by atoms with van der Waals surface area (Å²) in [6.45, 7) is 5.97. The summed E-state index contributed by atoms with van der Waals surface area (Å²) in [6, 6.07) is 16.5. The van der Waals surface area contributed by atoms with Crippen molar-refractivity contribution in [2.45, 2.75) is 38.1 Å². The Bertz CT molecular complexity index is 1310. The van der Waals surface area contributed by atoms with E-state index < -0.39 is 10.0 Å². The molecule has 0 N–H and O–H groups in total. The van der Waals surface area contributed by atoms with Gasteiger partial charge in [0.15, 0.2) is 5.65 Å². The maximum atomic E-state index is 13.8. The number of halogens is 1. The number of aromatic nitrogens is 3. The number of benzene rings is 2. The van der Waals surface area contributed by atoms with E-state index in [1.165, 1.54) is 22.5 Å². The van der Waals surface area contributed by atoms with Crippen LogP contribution in [0.1, 0.15) is 36.7 Å². The van der Waals surface area contributed by atoms with Gasteiger partial charge in [-0.1, -0.05) is 38.1 Å². The zero-order valence-corrected chi connectivity index (χ0v) is 18.3. The molecular formula is C23H23FN4O2S. The summed E-state index contributed by atoms with van der Waals surface area (Å²) in [5.41, 5.74) is 2.57. The van der Waals surface area contributed by atoms with Gasteiger partial charge in [0.2, 0.25) is 0 Å². The predicted octanol–water partition coefficient (Wildman–Crippen LogP) is 4.70. The highest BCUT2D eigenvalue weighted by Crippen LogP contribution is 2.29. The van der Waals surface area contributed by atoms with Gasteiger partial charge in [0.05, 0.1) is 12.2 Å². The van der Waals surface area contributed by atoms with Crippen LogP contribution in [-0.4, -0.2) is 23.0 Å². The highest BCUT2D eigenvalue weighted by molar-refractivity contribution is 7.93. The number of aryl methyl sites for hydroxylation is 1. The molecule has 31 heavy (non-hydrogen) atoms. The minimum atomic E-state index is -3.99. The molecule has 4 rings (SSSR count). The third kappa shape index (κ3) is 4.03. The van der Waals surface area contributed by atoms with Gasteiger partial charge in [-0.15, -0.1) is 10.2 Å². The number of rotatable bonds is 6. The summed E-state index contributed by atoms with van der Waals surface area (Å²) in [6.07, 6.45) is 1.73. The number of sulfonamides is 1. The van der Waals surface area contributed by atoms with Crippen LogP contribution in [0.4, 0.5) is 10.1 Å². The van der Waals surface area contributed by atoms with Crippen molar-refractivity contribution in [3.8, 4) is 0 Å². The van der Waals surface area contributed by atoms with Crippen LogP contribution in [0.2, 0.25) is 0 Å². The van der Waals surface area contributed by atoms with Gasteiger partial charge in [0.1, 0.15) is 16.5 Å². The van der Waals surface area contributed by atoms with Gasteiger partial charge in [0, 0.05) is 6.20 Å². The lowest BCUT2D eigenvalue weighted by molar-refractivity contribution is 0.590. The van der Waals surface area contributed by atoms with E-state index in [1.54, 1.807) is 47.9 Å². The average molecular weight is 439 g/mol.